The van der Waals surface area contributed by atoms with Gasteiger partial charge in [-0.3, -0.25) is 9.59 Å². The number of ketones is 1. The van der Waals surface area contributed by atoms with Crippen molar-refractivity contribution in [3.63, 3.8) is 0 Å². The molecule has 0 aromatic heterocycles. The normalized spacial score (nSPS) is 15.6. The van der Waals surface area contributed by atoms with Crippen LogP contribution in [-0.2, 0) is 22.4 Å². The number of ether oxygens (including phenoxy) is 1. The van der Waals surface area contributed by atoms with Crippen LogP contribution in [-0.4, -0.2) is 30.8 Å². The van der Waals surface area contributed by atoms with E-state index in [1.165, 1.54) is 7.11 Å². The zero-order valence-electron chi connectivity index (χ0n) is 14.8. The minimum atomic E-state index is -0.689. The summed E-state index contributed by atoms with van der Waals surface area (Å²) in [6, 6.07) is 3.02. The molecule has 0 unspecified atom stereocenters. The number of benzene rings is 1. The number of esters is 1. The molecular weight excluding hydrogens is 306 g/mol. The summed E-state index contributed by atoms with van der Waals surface area (Å²) in [6.07, 6.45) is 2.50. The van der Waals surface area contributed by atoms with Gasteiger partial charge in [-0.2, -0.15) is 0 Å². The number of fused-ring (bicyclic) bond motifs is 1. The predicted molar refractivity (Wildman–Crippen MR) is 91.2 cm³/mol. The van der Waals surface area contributed by atoms with E-state index in [4.69, 9.17) is 4.74 Å². The Morgan fingerprint density at radius 2 is 1.96 bits per heavy atom. The fourth-order valence-electron chi connectivity index (χ4n) is 3.04. The number of aryl methyl sites for hydroxylation is 1. The molecule has 1 aromatic carbocycles. The fraction of sp³-hybridized carbons (Fsp3) is 0.526. The van der Waals surface area contributed by atoms with Crippen molar-refractivity contribution in [2.24, 2.45) is 5.92 Å². The van der Waals surface area contributed by atoms with Crippen molar-refractivity contribution < 1.29 is 19.1 Å². The van der Waals surface area contributed by atoms with Crippen molar-refractivity contribution in [3.8, 4) is 0 Å². The molecule has 1 amide bonds. The number of Topliss-reactive ketones (excluding diaryl/α,β-unsaturated/α-hetero) is 1. The molecule has 0 spiro atoms. The molecule has 0 aliphatic heterocycles. The third-order valence-electron chi connectivity index (χ3n) is 4.82. The van der Waals surface area contributed by atoms with E-state index in [-0.39, 0.29) is 17.6 Å². The lowest BCUT2D eigenvalue weighted by Gasteiger charge is -2.22. The van der Waals surface area contributed by atoms with Crippen molar-refractivity contribution in [2.45, 2.75) is 52.5 Å². The van der Waals surface area contributed by atoms with Crippen LogP contribution in [0.1, 0.15) is 65.5 Å². The second-order valence-corrected chi connectivity index (χ2v) is 6.31. The van der Waals surface area contributed by atoms with Gasteiger partial charge in [-0.15, -0.1) is 0 Å². The quantitative estimate of drug-likeness (QED) is 0.814. The van der Waals surface area contributed by atoms with Gasteiger partial charge in [0.25, 0.3) is 5.91 Å². The SMILES string of the molecule is CCc1cc2c(c(C(=O)N[C@H](C(=O)OC)[C@@H](C)CC)c1)CCC2=O. The number of hydrogen-bond donors (Lipinski definition) is 1. The molecule has 1 aliphatic rings. The van der Waals surface area contributed by atoms with Crippen LogP contribution < -0.4 is 5.32 Å². The second-order valence-electron chi connectivity index (χ2n) is 6.31. The minimum Gasteiger partial charge on any atom is -0.467 e. The summed E-state index contributed by atoms with van der Waals surface area (Å²) in [7, 11) is 1.32. The first-order valence-electron chi connectivity index (χ1n) is 8.50. The maximum atomic E-state index is 12.8. The first-order chi connectivity index (χ1) is 11.4. The first-order valence-corrected chi connectivity index (χ1v) is 8.50. The summed E-state index contributed by atoms with van der Waals surface area (Å²) in [6.45, 7) is 5.85. The van der Waals surface area contributed by atoms with Crippen molar-refractivity contribution in [1.82, 2.24) is 5.32 Å². The molecule has 0 radical (unpaired) electrons. The number of rotatable bonds is 6. The van der Waals surface area contributed by atoms with E-state index >= 15 is 0 Å². The van der Waals surface area contributed by atoms with E-state index in [1.807, 2.05) is 32.9 Å². The van der Waals surface area contributed by atoms with Crippen molar-refractivity contribution in [3.05, 3.63) is 34.4 Å². The van der Waals surface area contributed by atoms with Crippen LogP contribution in [0.3, 0.4) is 0 Å². The lowest BCUT2D eigenvalue weighted by molar-refractivity contribution is -0.144. The van der Waals surface area contributed by atoms with E-state index in [1.54, 1.807) is 0 Å². The highest BCUT2D eigenvalue weighted by Gasteiger charge is 2.30. The number of carbonyl (C=O) groups excluding carboxylic acids is 3. The fourth-order valence-corrected chi connectivity index (χ4v) is 3.04. The second kappa shape index (κ2) is 7.60. The van der Waals surface area contributed by atoms with Crippen LogP contribution in [0.25, 0.3) is 0 Å². The molecule has 130 valence electrons. The van der Waals surface area contributed by atoms with Gasteiger partial charge in [-0.25, -0.2) is 4.79 Å². The van der Waals surface area contributed by atoms with Gasteiger partial charge < -0.3 is 10.1 Å². The van der Waals surface area contributed by atoms with Gasteiger partial charge in [0.05, 0.1) is 7.11 Å². The summed E-state index contributed by atoms with van der Waals surface area (Å²) < 4.78 is 4.82. The largest absolute Gasteiger partial charge is 0.467 e. The van der Waals surface area contributed by atoms with Crippen LogP contribution in [0.2, 0.25) is 0 Å². The molecule has 1 aromatic rings. The molecule has 0 fully saturated rings. The first kappa shape index (κ1) is 18.2. The van der Waals surface area contributed by atoms with Gasteiger partial charge in [0, 0.05) is 17.5 Å². The van der Waals surface area contributed by atoms with Gasteiger partial charge in [-0.1, -0.05) is 27.2 Å². The van der Waals surface area contributed by atoms with E-state index in [0.717, 1.165) is 24.0 Å². The third-order valence-corrected chi connectivity index (χ3v) is 4.82. The number of hydrogen-bond acceptors (Lipinski definition) is 4. The summed E-state index contributed by atoms with van der Waals surface area (Å²) in [4.78, 5) is 36.8. The molecule has 0 saturated heterocycles. The van der Waals surface area contributed by atoms with E-state index < -0.39 is 12.0 Å². The molecule has 5 nitrogen and oxygen atoms in total. The van der Waals surface area contributed by atoms with Gasteiger partial charge in [0.1, 0.15) is 6.04 Å². The highest BCUT2D eigenvalue weighted by molar-refractivity contribution is 6.06. The zero-order valence-corrected chi connectivity index (χ0v) is 14.8. The average molecular weight is 331 g/mol. The summed E-state index contributed by atoms with van der Waals surface area (Å²) in [5.74, 6) is -0.713. The summed E-state index contributed by atoms with van der Waals surface area (Å²) >= 11 is 0. The maximum absolute atomic E-state index is 12.8. The standard InChI is InChI=1S/C19H25NO4/c1-5-11(3)17(19(23)24-4)20-18(22)15-10-12(6-2)9-14-13(15)7-8-16(14)21/h9-11,17H,5-8H2,1-4H3,(H,20,22)/t11-,17-/m0/s1. The molecule has 2 rings (SSSR count). The topological polar surface area (TPSA) is 72.5 Å². The highest BCUT2D eigenvalue weighted by atomic mass is 16.5. The molecular formula is C19H25NO4. The third kappa shape index (κ3) is 3.50. The molecule has 0 bridgehead atoms. The number of carbonyl (C=O) groups is 3. The molecule has 1 aliphatic carbocycles. The van der Waals surface area contributed by atoms with Crippen molar-refractivity contribution in [1.29, 1.82) is 0 Å². The van der Waals surface area contributed by atoms with Crippen LogP contribution in [0.4, 0.5) is 0 Å². The Morgan fingerprint density at radius 1 is 1.25 bits per heavy atom. The Balaban J connectivity index is 2.35. The number of amides is 1. The highest BCUT2D eigenvalue weighted by Crippen LogP contribution is 2.27. The van der Waals surface area contributed by atoms with E-state index in [9.17, 15) is 14.4 Å². The van der Waals surface area contributed by atoms with Crippen LogP contribution in [0, 0.1) is 5.92 Å². The smallest absolute Gasteiger partial charge is 0.328 e. The maximum Gasteiger partial charge on any atom is 0.328 e. The zero-order chi connectivity index (χ0) is 17.9. The van der Waals surface area contributed by atoms with Gasteiger partial charge >= 0.3 is 5.97 Å². The van der Waals surface area contributed by atoms with Gasteiger partial charge in [-0.05, 0) is 42.0 Å². The monoisotopic (exact) mass is 331 g/mol. The lowest BCUT2D eigenvalue weighted by atomic mass is 9.95. The van der Waals surface area contributed by atoms with Crippen LogP contribution in [0.5, 0.6) is 0 Å². The van der Waals surface area contributed by atoms with E-state index in [0.29, 0.717) is 24.0 Å². The number of nitrogens with one attached hydrogen (secondary N) is 1. The molecule has 0 heterocycles. The van der Waals surface area contributed by atoms with Crippen molar-refractivity contribution >= 4 is 17.7 Å². The molecule has 1 N–H and O–H groups in total. The average Bonchev–Trinajstić information content (AvgIpc) is 2.98. The van der Waals surface area contributed by atoms with Crippen molar-refractivity contribution in [2.75, 3.05) is 7.11 Å². The predicted octanol–water partition coefficient (Wildman–Crippen LogP) is 2.70. The Bertz CT molecular complexity index is 666. The number of methoxy groups -OCH3 is 1. The Hall–Kier alpha value is -2.17. The van der Waals surface area contributed by atoms with Crippen LogP contribution >= 0.6 is 0 Å². The van der Waals surface area contributed by atoms with E-state index in [2.05, 4.69) is 5.32 Å². The Kier molecular flexibility index (Phi) is 5.75. The molecule has 24 heavy (non-hydrogen) atoms. The summed E-state index contributed by atoms with van der Waals surface area (Å²) in [5.41, 5.74) is 2.90. The van der Waals surface area contributed by atoms with Crippen LogP contribution in [0.15, 0.2) is 12.1 Å². The summed E-state index contributed by atoms with van der Waals surface area (Å²) in [5, 5.41) is 2.81. The lowest BCUT2D eigenvalue weighted by Crippen LogP contribution is -2.45. The Labute approximate surface area is 142 Å². The molecule has 5 heteroatoms. The molecule has 0 saturated carbocycles. The minimum absolute atomic E-state index is 0.0366. The van der Waals surface area contributed by atoms with Gasteiger partial charge in [0.15, 0.2) is 5.78 Å². The van der Waals surface area contributed by atoms with Gasteiger partial charge in [0.2, 0.25) is 0 Å². The molecule has 2 atom stereocenters. The Morgan fingerprint density at radius 3 is 2.54 bits per heavy atom.